The first-order valence-corrected chi connectivity index (χ1v) is 6.23. The van der Waals surface area contributed by atoms with Crippen LogP contribution in [0.15, 0.2) is 18.2 Å². The summed E-state index contributed by atoms with van der Waals surface area (Å²) in [5.74, 6) is -0.344. The number of carbonyl (C=O) groups is 1. The first-order valence-electron chi connectivity index (χ1n) is 5.83. The molecule has 0 saturated heterocycles. The highest BCUT2D eigenvalue weighted by Gasteiger charge is 2.12. The number of esters is 1. The molecule has 0 aliphatic heterocycles. The molecule has 5 heteroatoms. The smallest absolute Gasteiger partial charge is 0.338 e. The minimum atomic E-state index is -0.344. The normalized spacial score (nSPS) is 9.72. The van der Waals surface area contributed by atoms with Gasteiger partial charge in [-0.15, -0.1) is 0 Å². The molecule has 0 atom stereocenters. The molecule has 0 unspecified atom stereocenters. The van der Waals surface area contributed by atoms with Gasteiger partial charge in [-0.1, -0.05) is 13.0 Å². The SMILES string of the molecule is CCCNC(=S)Nc1cccc(C(=O)OC)c1C. The molecular weight excluding hydrogens is 248 g/mol. The molecular formula is C13H18N2O2S. The van der Waals surface area contributed by atoms with Gasteiger partial charge in [0, 0.05) is 12.2 Å². The Balaban J connectivity index is 2.84. The number of benzene rings is 1. The molecule has 0 aliphatic carbocycles. The zero-order valence-corrected chi connectivity index (χ0v) is 11.7. The number of nitrogens with one attached hydrogen (secondary N) is 2. The van der Waals surface area contributed by atoms with E-state index in [0.717, 1.165) is 24.2 Å². The second-order valence-electron chi connectivity index (χ2n) is 3.85. The minimum absolute atomic E-state index is 0.344. The summed E-state index contributed by atoms with van der Waals surface area (Å²) in [6.45, 7) is 4.75. The maximum Gasteiger partial charge on any atom is 0.338 e. The van der Waals surface area contributed by atoms with E-state index in [1.165, 1.54) is 7.11 Å². The van der Waals surface area contributed by atoms with Gasteiger partial charge in [0.25, 0.3) is 0 Å². The second-order valence-corrected chi connectivity index (χ2v) is 4.26. The fourth-order valence-electron chi connectivity index (χ4n) is 1.51. The van der Waals surface area contributed by atoms with Crippen LogP contribution >= 0.6 is 12.2 Å². The fraction of sp³-hybridized carbons (Fsp3) is 0.385. The van der Waals surface area contributed by atoms with Gasteiger partial charge in [-0.25, -0.2) is 4.79 Å². The lowest BCUT2D eigenvalue weighted by Gasteiger charge is -2.13. The predicted octanol–water partition coefficient (Wildman–Crippen LogP) is 2.48. The topological polar surface area (TPSA) is 50.4 Å². The van der Waals surface area contributed by atoms with E-state index in [4.69, 9.17) is 17.0 Å². The molecule has 4 nitrogen and oxygen atoms in total. The maximum atomic E-state index is 11.5. The number of hydrogen-bond acceptors (Lipinski definition) is 3. The summed E-state index contributed by atoms with van der Waals surface area (Å²) in [4.78, 5) is 11.5. The maximum absolute atomic E-state index is 11.5. The van der Waals surface area contributed by atoms with Crippen LogP contribution in [0.25, 0.3) is 0 Å². The molecule has 1 rings (SSSR count). The monoisotopic (exact) mass is 266 g/mol. The molecule has 0 radical (unpaired) electrons. The molecule has 0 saturated carbocycles. The third-order valence-electron chi connectivity index (χ3n) is 2.52. The van der Waals surface area contributed by atoms with Gasteiger partial charge in [-0.05, 0) is 43.3 Å². The van der Waals surface area contributed by atoms with Crippen LogP contribution in [0, 0.1) is 6.92 Å². The van der Waals surface area contributed by atoms with Gasteiger partial charge in [-0.2, -0.15) is 0 Å². The molecule has 0 amide bonds. The van der Waals surface area contributed by atoms with Crippen LogP contribution in [0.4, 0.5) is 5.69 Å². The Labute approximate surface area is 113 Å². The van der Waals surface area contributed by atoms with Crippen molar-refractivity contribution >= 4 is 29.0 Å². The molecule has 0 heterocycles. The second kappa shape index (κ2) is 6.96. The van der Waals surface area contributed by atoms with Gasteiger partial charge < -0.3 is 15.4 Å². The van der Waals surface area contributed by atoms with E-state index in [9.17, 15) is 4.79 Å². The van der Waals surface area contributed by atoms with Crippen LogP contribution in [0.3, 0.4) is 0 Å². The Bertz CT molecular complexity index is 447. The van der Waals surface area contributed by atoms with Gasteiger partial charge in [0.05, 0.1) is 12.7 Å². The summed E-state index contributed by atoms with van der Waals surface area (Å²) in [6.07, 6.45) is 1.00. The Kier molecular flexibility index (Phi) is 5.58. The van der Waals surface area contributed by atoms with E-state index >= 15 is 0 Å². The Morgan fingerprint density at radius 3 is 2.78 bits per heavy atom. The summed E-state index contributed by atoms with van der Waals surface area (Å²) in [5, 5.41) is 6.71. The van der Waals surface area contributed by atoms with Crippen molar-refractivity contribution in [2.75, 3.05) is 19.0 Å². The van der Waals surface area contributed by atoms with Crippen molar-refractivity contribution in [3.05, 3.63) is 29.3 Å². The molecule has 1 aromatic carbocycles. The number of carbonyl (C=O) groups excluding carboxylic acids is 1. The molecule has 0 bridgehead atoms. The molecule has 2 N–H and O–H groups in total. The highest BCUT2D eigenvalue weighted by atomic mass is 32.1. The van der Waals surface area contributed by atoms with Crippen molar-refractivity contribution in [1.29, 1.82) is 0 Å². The number of anilines is 1. The molecule has 0 aromatic heterocycles. The van der Waals surface area contributed by atoms with Gasteiger partial charge >= 0.3 is 5.97 Å². The summed E-state index contributed by atoms with van der Waals surface area (Å²) in [5.41, 5.74) is 2.18. The van der Waals surface area contributed by atoms with Crippen molar-refractivity contribution in [2.45, 2.75) is 20.3 Å². The van der Waals surface area contributed by atoms with Crippen LogP contribution in [0.1, 0.15) is 29.3 Å². The average Bonchev–Trinajstić information content (AvgIpc) is 2.38. The van der Waals surface area contributed by atoms with Crippen LogP contribution in [-0.4, -0.2) is 24.7 Å². The lowest BCUT2D eigenvalue weighted by Crippen LogP contribution is -2.29. The van der Waals surface area contributed by atoms with E-state index < -0.39 is 0 Å². The quantitative estimate of drug-likeness (QED) is 0.647. The number of ether oxygens (including phenoxy) is 1. The first-order chi connectivity index (χ1) is 8.60. The molecule has 0 spiro atoms. The predicted molar refractivity (Wildman–Crippen MR) is 77.0 cm³/mol. The van der Waals surface area contributed by atoms with E-state index in [1.54, 1.807) is 12.1 Å². The lowest BCUT2D eigenvalue weighted by molar-refractivity contribution is 0.0600. The van der Waals surface area contributed by atoms with Crippen molar-refractivity contribution in [2.24, 2.45) is 0 Å². The molecule has 0 aliphatic rings. The van der Waals surface area contributed by atoms with E-state index in [0.29, 0.717) is 10.7 Å². The van der Waals surface area contributed by atoms with Gasteiger partial charge in [-0.3, -0.25) is 0 Å². The fourth-order valence-corrected chi connectivity index (χ4v) is 1.72. The van der Waals surface area contributed by atoms with Crippen molar-refractivity contribution < 1.29 is 9.53 Å². The first kappa shape index (κ1) is 14.4. The molecule has 0 fully saturated rings. The number of hydrogen-bond donors (Lipinski definition) is 2. The highest BCUT2D eigenvalue weighted by Crippen LogP contribution is 2.19. The Morgan fingerprint density at radius 2 is 2.17 bits per heavy atom. The summed E-state index contributed by atoms with van der Waals surface area (Å²) < 4.78 is 4.73. The van der Waals surface area contributed by atoms with Crippen molar-refractivity contribution in [3.63, 3.8) is 0 Å². The summed E-state index contributed by atoms with van der Waals surface area (Å²) in [7, 11) is 1.37. The minimum Gasteiger partial charge on any atom is -0.465 e. The van der Waals surface area contributed by atoms with Crippen LogP contribution < -0.4 is 10.6 Å². The molecule has 18 heavy (non-hydrogen) atoms. The van der Waals surface area contributed by atoms with Gasteiger partial charge in [0.2, 0.25) is 0 Å². The van der Waals surface area contributed by atoms with Crippen LogP contribution in [0.2, 0.25) is 0 Å². The van der Waals surface area contributed by atoms with Crippen LogP contribution in [-0.2, 0) is 4.74 Å². The Morgan fingerprint density at radius 1 is 1.44 bits per heavy atom. The van der Waals surface area contributed by atoms with E-state index in [1.807, 2.05) is 13.0 Å². The van der Waals surface area contributed by atoms with Gasteiger partial charge in [0.1, 0.15) is 0 Å². The number of rotatable bonds is 4. The van der Waals surface area contributed by atoms with Crippen molar-refractivity contribution in [3.8, 4) is 0 Å². The van der Waals surface area contributed by atoms with Gasteiger partial charge in [0.15, 0.2) is 5.11 Å². The standard InChI is InChI=1S/C13H18N2O2S/c1-4-8-14-13(18)15-11-7-5-6-10(9(11)2)12(16)17-3/h5-7H,4,8H2,1-3H3,(H2,14,15,18). The summed E-state index contributed by atoms with van der Waals surface area (Å²) in [6, 6.07) is 5.40. The number of methoxy groups -OCH3 is 1. The average molecular weight is 266 g/mol. The third kappa shape index (κ3) is 3.70. The lowest BCUT2D eigenvalue weighted by atomic mass is 10.1. The molecule has 1 aromatic rings. The Hall–Kier alpha value is -1.62. The third-order valence-corrected chi connectivity index (χ3v) is 2.77. The highest BCUT2D eigenvalue weighted by molar-refractivity contribution is 7.80. The zero-order chi connectivity index (χ0) is 13.5. The van der Waals surface area contributed by atoms with Crippen LogP contribution in [0.5, 0.6) is 0 Å². The largest absolute Gasteiger partial charge is 0.465 e. The number of thiocarbonyl (C=S) groups is 1. The summed E-state index contributed by atoms with van der Waals surface area (Å²) >= 11 is 5.16. The molecule has 98 valence electrons. The van der Waals surface area contributed by atoms with Crippen molar-refractivity contribution in [1.82, 2.24) is 5.32 Å². The zero-order valence-electron chi connectivity index (χ0n) is 10.9. The van der Waals surface area contributed by atoms with E-state index in [-0.39, 0.29) is 5.97 Å². The van der Waals surface area contributed by atoms with E-state index in [2.05, 4.69) is 17.6 Å².